The van der Waals surface area contributed by atoms with Gasteiger partial charge in [0.25, 0.3) is 10.0 Å². The Labute approximate surface area is 167 Å². The third kappa shape index (κ3) is 5.25. The number of benzene rings is 2. The van der Waals surface area contributed by atoms with E-state index in [2.05, 4.69) is 5.32 Å². The Morgan fingerprint density at radius 2 is 1.75 bits per heavy atom. The molecule has 0 aromatic heterocycles. The van der Waals surface area contributed by atoms with Crippen molar-refractivity contribution in [3.05, 3.63) is 53.6 Å². The van der Waals surface area contributed by atoms with E-state index in [1.165, 1.54) is 4.31 Å². The molecule has 2 rings (SSSR count). The van der Waals surface area contributed by atoms with Crippen LogP contribution in [0.1, 0.15) is 30.9 Å². The van der Waals surface area contributed by atoms with Crippen LogP contribution < -0.4 is 14.4 Å². The van der Waals surface area contributed by atoms with Crippen molar-refractivity contribution in [2.75, 3.05) is 24.5 Å². The van der Waals surface area contributed by atoms with Gasteiger partial charge in [-0.1, -0.05) is 13.0 Å². The molecule has 28 heavy (non-hydrogen) atoms. The van der Waals surface area contributed by atoms with Gasteiger partial charge in [-0.3, -0.25) is 9.10 Å². The summed E-state index contributed by atoms with van der Waals surface area (Å²) in [6, 6.07) is 11.8. The third-order valence-electron chi connectivity index (χ3n) is 4.54. The second-order valence-corrected chi connectivity index (χ2v) is 8.48. The number of carbonyl (C=O) groups is 1. The average Bonchev–Trinajstić information content (AvgIpc) is 2.68. The molecule has 0 unspecified atom stereocenters. The van der Waals surface area contributed by atoms with Gasteiger partial charge in [-0.15, -0.1) is 0 Å². The fourth-order valence-electron chi connectivity index (χ4n) is 2.69. The Kier molecular flexibility index (Phi) is 7.45. The summed E-state index contributed by atoms with van der Waals surface area (Å²) in [5.74, 6) is 0.462. The van der Waals surface area contributed by atoms with Crippen molar-refractivity contribution in [1.82, 2.24) is 5.32 Å². The third-order valence-corrected chi connectivity index (χ3v) is 6.36. The molecule has 0 spiro atoms. The lowest BCUT2D eigenvalue weighted by atomic mass is 10.1. The van der Waals surface area contributed by atoms with Crippen LogP contribution in [0.15, 0.2) is 47.4 Å². The number of sulfonamides is 1. The number of carbonyl (C=O) groups excluding carboxylic acids is 1. The predicted molar refractivity (Wildman–Crippen MR) is 111 cm³/mol. The fourth-order valence-corrected chi connectivity index (χ4v) is 4.25. The first-order valence-electron chi connectivity index (χ1n) is 9.30. The van der Waals surface area contributed by atoms with Crippen LogP contribution in [0, 0.1) is 13.8 Å². The molecule has 6 nitrogen and oxygen atoms in total. The molecular weight excluding hydrogens is 376 g/mol. The highest BCUT2D eigenvalue weighted by Crippen LogP contribution is 2.27. The smallest absolute Gasteiger partial charge is 0.264 e. The van der Waals surface area contributed by atoms with Crippen molar-refractivity contribution in [2.45, 2.75) is 38.5 Å². The lowest BCUT2D eigenvalue weighted by Gasteiger charge is -2.25. The van der Waals surface area contributed by atoms with Gasteiger partial charge < -0.3 is 10.1 Å². The molecule has 7 heteroatoms. The zero-order valence-corrected chi connectivity index (χ0v) is 17.7. The van der Waals surface area contributed by atoms with Crippen LogP contribution >= 0.6 is 0 Å². The average molecular weight is 405 g/mol. The van der Waals surface area contributed by atoms with E-state index in [9.17, 15) is 13.2 Å². The summed E-state index contributed by atoms with van der Waals surface area (Å²) in [6.45, 7) is 6.41. The van der Waals surface area contributed by atoms with Gasteiger partial charge in [0.15, 0.2) is 0 Å². The van der Waals surface area contributed by atoms with Gasteiger partial charge in [0.05, 0.1) is 17.7 Å². The van der Waals surface area contributed by atoms with E-state index in [4.69, 9.17) is 4.74 Å². The molecule has 0 atom stereocenters. The maximum atomic E-state index is 13.3. The van der Waals surface area contributed by atoms with Crippen molar-refractivity contribution in [2.24, 2.45) is 0 Å². The fraction of sp³-hybridized carbons (Fsp3) is 0.381. The monoisotopic (exact) mass is 404 g/mol. The number of nitrogens with zero attached hydrogens (tertiary/aromatic N) is 1. The number of methoxy groups -OCH3 is 1. The Morgan fingerprint density at radius 3 is 2.32 bits per heavy atom. The molecule has 2 aromatic rings. The highest BCUT2D eigenvalue weighted by Gasteiger charge is 2.26. The summed E-state index contributed by atoms with van der Waals surface area (Å²) in [4.78, 5) is 12.3. The van der Waals surface area contributed by atoms with E-state index in [1.54, 1.807) is 49.6 Å². The Bertz CT molecular complexity index is 909. The Morgan fingerprint density at radius 1 is 1.07 bits per heavy atom. The lowest BCUT2D eigenvalue weighted by molar-refractivity contribution is -0.120. The minimum atomic E-state index is -3.82. The molecular formula is C21H28N2O4S. The first-order chi connectivity index (χ1) is 13.3. The van der Waals surface area contributed by atoms with Gasteiger partial charge in [-0.25, -0.2) is 8.42 Å². The van der Waals surface area contributed by atoms with E-state index in [0.717, 1.165) is 17.5 Å². The normalized spacial score (nSPS) is 11.1. The quantitative estimate of drug-likeness (QED) is 0.695. The summed E-state index contributed by atoms with van der Waals surface area (Å²) in [7, 11) is -2.26. The number of hydrogen-bond donors (Lipinski definition) is 1. The standard InChI is InChI=1S/C21H28N2O4S/c1-5-13-22-21(24)12-14-23(18-7-9-19(27-4)10-8-18)28(25,26)20-11-6-16(2)17(3)15-20/h6-11,15H,5,12-14H2,1-4H3,(H,22,24). The van der Waals surface area contributed by atoms with Crippen LogP contribution in [0.5, 0.6) is 5.75 Å². The van der Waals surface area contributed by atoms with E-state index >= 15 is 0 Å². The van der Waals surface area contributed by atoms with Gasteiger partial charge in [-0.2, -0.15) is 0 Å². The number of nitrogens with one attached hydrogen (secondary N) is 1. The maximum absolute atomic E-state index is 13.3. The van der Waals surface area contributed by atoms with Gasteiger partial charge in [0.2, 0.25) is 5.91 Å². The molecule has 0 fully saturated rings. The highest BCUT2D eigenvalue weighted by molar-refractivity contribution is 7.92. The minimum absolute atomic E-state index is 0.0527. The number of ether oxygens (including phenoxy) is 1. The second kappa shape index (κ2) is 9.59. The SMILES string of the molecule is CCCNC(=O)CCN(c1ccc(OC)cc1)S(=O)(=O)c1ccc(C)c(C)c1. The topological polar surface area (TPSA) is 75.7 Å². The van der Waals surface area contributed by atoms with E-state index in [-0.39, 0.29) is 23.8 Å². The largest absolute Gasteiger partial charge is 0.497 e. The number of hydrogen-bond acceptors (Lipinski definition) is 4. The first-order valence-corrected chi connectivity index (χ1v) is 10.7. The van der Waals surface area contributed by atoms with Gasteiger partial charge in [0, 0.05) is 19.5 Å². The first kappa shape index (κ1) is 21.8. The van der Waals surface area contributed by atoms with Gasteiger partial charge >= 0.3 is 0 Å². The number of amides is 1. The van der Waals surface area contributed by atoms with Crippen LogP contribution in [-0.2, 0) is 14.8 Å². The van der Waals surface area contributed by atoms with Crippen LogP contribution in [0.25, 0.3) is 0 Å². The summed E-state index contributed by atoms with van der Waals surface area (Å²) in [5.41, 5.74) is 2.41. The van der Waals surface area contributed by atoms with Crippen molar-refractivity contribution >= 4 is 21.6 Å². The molecule has 1 amide bonds. The Balaban J connectivity index is 2.37. The van der Waals surface area contributed by atoms with Crippen molar-refractivity contribution in [3.63, 3.8) is 0 Å². The van der Waals surface area contributed by atoms with Crippen molar-refractivity contribution in [3.8, 4) is 5.75 Å². The van der Waals surface area contributed by atoms with Gasteiger partial charge in [0.1, 0.15) is 5.75 Å². The molecule has 152 valence electrons. The van der Waals surface area contributed by atoms with Crippen molar-refractivity contribution in [1.29, 1.82) is 0 Å². The minimum Gasteiger partial charge on any atom is -0.497 e. The molecule has 0 bridgehead atoms. The molecule has 0 saturated carbocycles. The molecule has 2 aromatic carbocycles. The van der Waals surface area contributed by atoms with E-state index in [1.807, 2.05) is 20.8 Å². The summed E-state index contributed by atoms with van der Waals surface area (Å²) in [5, 5.41) is 2.78. The summed E-state index contributed by atoms with van der Waals surface area (Å²) >= 11 is 0. The Hall–Kier alpha value is -2.54. The van der Waals surface area contributed by atoms with Crippen LogP contribution in [0.2, 0.25) is 0 Å². The number of rotatable bonds is 9. The van der Waals surface area contributed by atoms with Crippen LogP contribution in [0.3, 0.4) is 0 Å². The predicted octanol–water partition coefficient (Wildman–Crippen LogP) is 3.42. The summed E-state index contributed by atoms with van der Waals surface area (Å²) < 4.78 is 33.1. The second-order valence-electron chi connectivity index (χ2n) is 6.62. The van der Waals surface area contributed by atoms with Crippen molar-refractivity contribution < 1.29 is 17.9 Å². The zero-order valence-electron chi connectivity index (χ0n) is 16.9. The molecule has 0 aliphatic rings. The highest BCUT2D eigenvalue weighted by atomic mass is 32.2. The zero-order chi connectivity index (χ0) is 20.7. The molecule has 0 aliphatic heterocycles. The summed E-state index contributed by atoms with van der Waals surface area (Å²) in [6.07, 6.45) is 0.908. The lowest BCUT2D eigenvalue weighted by Crippen LogP contribution is -2.35. The molecule has 1 N–H and O–H groups in total. The van der Waals surface area contributed by atoms with Gasteiger partial charge in [-0.05, 0) is 67.8 Å². The number of aryl methyl sites for hydroxylation is 2. The number of anilines is 1. The van der Waals surface area contributed by atoms with Crippen LogP contribution in [-0.4, -0.2) is 34.5 Å². The maximum Gasteiger partial charge on any atom is 0.264 e. The van der Waals surface area contributed by atoms with Crippen LogP contribution in [0.4, 0.5) is 5.69 Å². The molecule has 0 aliphatic carbocycles. The van der Waals surface area contributed by atoms with E-state index < -0.39 is 10.0 Å². The van der Waals surface area contributed by atoms with E-state index in [0.29, 0.717) is 18.0 Å². The molecule has 0 radical (unpaired) electrons. The molecule has 0 heterocycles. The molecule has 0 saturated heterocycles.